The Kier molecular flexibility index (Phi) is 6.46. The van der Waals surface area contributed by atoms with E-state index in [9.17, 15) is 14.9 Å². The smallest absolute Gasteiger partial charge is 0.344 e. The number of carbonyl (C=O) groups is 2. The van der Waals surface area contributed by atoms with Crippen LogP contribution in [0.3, 0.4) is 0 Å². The number of nitrogens with one attached hydrogen (secondary N) is 1. The van der Waals surface area contributed by atoms with Crippen molar-refractivity contribution >= 4 is 39.4 Å². The van der Waals surface area contributed by atoms with E-state index < -0.39 is 24.0 Å². The first-order chi connectivity index (χ1) is 11.4. The highest BCUT2D eigenvalue weighted by molar-refractivity contribution is 9.10. The topological polar surface area (TPSA) is 88.4 Å². The van der Waals surface area contributed by atoms with Gasteiger partial charge in [-0.05, 0) is 43.9 Å². The Morgan fingerprint density at radius 1 is 1.33 bits per heavy atom. The van der Waals surface area contributed by atoms with E-state index >= 15 is 0 Å². The van der Waals surface area contributed by atoms with E-state index in [1.807, 2.05) is 0 Å². The molecule has 0 spiro atoms. The molecule has 8 heteroatoms. The average molecular weight is 416 g/mol. The normalized spacial score (nSPS) is 15.4. The van der Waals surface area contributed by atoms with Crippen LogP contribution in [0.5, 0.6) is 5.75 Å². The summed E-state index contributed by atoms with van der Waals surface area (Å²) in [7, 11) is 0. The van der Waals surface area contributed by atoms with Crippen LogP contribution in [-0.2, 0) is 14.3 Å². The van der Waals surface area contributed by atoms with Gasteiger partial charge in [0, 0.05) is 4.47 Å². The molecule has 1 amide bonds. The predicted octanol–water partition coefficient (Wildman–Crippen LogP) is 2.98. The maximum absolute atomic E-state index is 11.8. The van der Waals surface area contributed by atoms with E-state index in [1.165, 1.54) is 0 Å². The fraction of sp³-hybridized carbons (Fsp3) is 0.438. The molecule has 0 bridgehead atoms. The van der Waals surface area contributed by atoms with E-state index in [4.69, 9.17) is 21.1 Å². The second-order valence-corrected chi connectivity index (χ2v) is 6.80. The van der Waals surface area contributed by atoms with Crippen LogP contribution in [0.4, 0.5) is 0 Å². The summed E-state index contributed by atoms with van der Waals surface area (Å²) in [6.45, 7) is -0.808. The van der Waals surface area contributed by atoms with Crippen LogP contribution in [0.25, 0.3) is 0 Å². The van der Waals surface area contributed by atoms with Gasteiger partial charge >= 0.3 is 5.97 Å². The molecule has 1 fully saturated rings. The number of esters is 1. The van der Waals surface area contributed by atoms with Crippen molar-refractivity contribution in [2.24, 2.45) is 0 Å². The molecule has 1 aliphatic carbocycles. The molecule has 1 aromatic carbocycles. The van der Waals surface area contributed by atoms with Crippen LogP contribution >= 0.6 is 27.5 Å². The van der Waals surface area contributed by atoms with Crippen LogP contribution in [0, 0.1) is 11.3 Å². The van der Waals surface area contributed by atoms with Gasteiger partial charge in [-0.2, -0.15) is 5.26 Å². The van der Waals surface area contributed by atoms with Gasteiger partial charge in [0.2, 0.25) is 0 Å². The third-order valence-electron chi connectivity index (χ3n) is 3.65. The third kappa shape index (κ3) is 5.11. The van der Waals surface area contributed by atoms with Crippen molar-refractivity contribution < 1.29 is 19.1 Å². The third-order valence-corrected chi connectivity index (χ3v) is 4.44. The first kappa shape index (κ1) is 18.6. The SMILES string of the molecule is N#CC1(NC(=O)COC(=O)COc2ccc(Br)cc2Cl)CCCC1. The predicted molar refractivity (Wildman–Crippen MR) is 90.6 cm³/mol. The van der Waals surface area contributed by atoms with Crippen molar-refractivity contribution in [1.82, 2.24) is 5.32 Å². The molecule has 128 valence electrons. The van der Waals surface area contributed by atoms with Gasteiger partial charge < -0.3 is 14.8 Å². The summed E-state index contributed by atoms with van der Waals surface area (Å²) in [4.78, 5) is 23.5. The van der Waals surface area contributed by atoms with Crippen molar-refractivity contribution in [3.63, 3.8) is 0 Å². The van der Waals surface area contributed by atoms with E-state index in [2.05, 4.69) is 27.3 Å². The zero-order chi connectivity index (χ0) is 17.6. The maximum Gasteiger partial charge on any atom is 0.344 e. The lowest BCUT2D eigenvalue weighted by Crippen LogP contribution is -2.46. The van der Waals surface area contributed by atoms with Crippen molar-refractivity contribution in [2.75, 3.05) is 13.2 Å². The highest BCUT2D eigenvalue weighted by Crippen LogP contribution is 2.29. The van der Waals surface area contributed by atoms with Gasteiger partial charge in [0.25, 0.3) is 5.91 Å². The molecule has 0 radical (unpaired) electrons. The molecule has 1 aromatic rings. The molecule has 0 atom stereocenters. The number of amides is 1. The molecular formula is C16H16BrClN2O4. The minimum absolute atomic E-state index is 0.343. The van der Waals surface area contributed by atoms with Gasteiger partial charge in [0.1, 0.15) is 11.3 Å². The zero-order valence-electron chi connectivity index (χ0n) is 12.8. The number of carbonyl (C=O) groups excluding carboxylic acids is 2. The number of ether oxygens (including phenoxy) is 2. The Hall–Kier alpha value is -1.78. The van der Waals surface area contributed by atoms with E-state index in [1.54, 1.807) is 18.2 Å². The van der Waals surface area contributed by atoms with E-state index in [-0.39, 0.29) is 6.61 Å². The lowest BCUT2D eigenvalue weighted by atomic mass is 10.00. The fourth-order valence-electron chi connectivity index (χ4n) is 2.46. The number of nitriles is 1. The van der Waals surface area contributed by atoms with Crippen molar-refractivity contribution in [3.8, 4) is 11.8 Å². The number of hydrogen-bond acceptors (Lipinski definition) is 5. The Morgan fingerprint density at radius 2 is 2.04 bits per heavy atom. The van der Waals surface area contributed by atoms with Crippen LogP contribution < -0.4 is 10.1 Å². The molecule has 2 rings (SSSR count). The summed E-state index contributed by atoms with van der Waals surface area (Å²) < 4.78 is 10.9. The Labute approximate surface area is 153 Å². The first-order valence-corrected chi connectivity index (χ1v) is 8.57. The Bertz CT molecular complexity index is 669. The number of nitrogens with zero attached hydrogens (tertiary/aromatic N) is 1. The standard InChI is InChI=1S/C16H16BrClN2O4/c17-11-3-4-13(12(18)7-11)23-9-15(22)24-8-14(21)20-16(10-19)5-1-2-6-16/h3-4,7H,1-2,5-6,8-9H2,(H,20,21). The lowest BCUT2D eigenvalue weighted by Gasteiger charge is -2.21. The van der Waals surface area contributed by atoms with Gasteiger partial charge in [-0.15, -0.1) is 0 Å². The molecule has 1 aliphatic rings. The summed E-state index contributed by atoms with van der Waals surface area (Å²) in [5, 5.41) is 12.2. The largest absolute Gasteiger partial charge is 0.480 e. The summed E-state index contributed by atoms with van der Waals surface area (Å²) in [6.07, 6.45) is 3.04. The Morgan fingerprint density at radius 3 is 2.67 bits per heavy atom. The van der Waals surface area contributed by atoms with E-state index in [0.717, 1.165) is 17.3 Å². The zero-order valence-corrected chi connectivity index (χ0v) is 15.2. The second kappa shape index (κ2) is 8.36. The molecular weight excluding hydrogens is 400 g/mol. The number of hydrogen-bond donors (Lipinski definition) is 1. The molecule has 0 saturated heterocycles. The first-order valence-electron chi connectivity index (χ1n) is 7.40. The number of benzene rings is 1. The average Bonchev–Trinajstić information content (AvgIpc) is 3.01. The second-order valence-electron chi connectivity index (χ2n) is 5.47. The maximum atomic E-state index is 11.8. The van der Waals surface area contributed by atoms with Crippen LogP contribution in [0.15, 0.2) is 22.7 Å². The monoisotopic (exact) mass is 414 g/mol. The Balaban J connectivity index is 1.74. The molecule has 24 heavy (non-hydrogen) atoms. The number of rotatable bonds is 6. The van der Waals surface area contributed by atoms with Crippen molar-refractivity contribution in [1.29, 1.82) is 5.26 Å². The van der Waals surface area contributed by atoms with E-state index in [0.29, 0.717) is 23.6 Å². The summed E-state index contributed by atoms with van der Waals surface area (Å²) in [5.41, 5.74) is -0.828. The number of halogens is 2. The van der Waals surface area contributed by atoms with Crippen molar-refractivity contribution in [2.45, 2.75) is 31.2 Å². The quantitative estimate of drug-likeness (QED) is 0.722. The molecule has 6 nitrogen and oxygen atoms in total. The minimum Gasteiger partial charge on any atom is -0.480 e. The molecule has 0 aliphatic heterocycles. The molecule has 0 unspecified atom stereocenters. The molecule has 0 heterocycles. The van der Waals surface area contributed by atoms with Crippen LogP contribution in [0.2, 0.25) is 5.02 Å². The highest BCUT2D eigenvalue weighted by Gasteiger charge is 2.35. The van der Waals surface area contributed by atoms with Gasteiger partial charge in [0.05, 0.1) is 11.1 Å². The van der Waals surface area contributed by atoms with Crippen LogP contribution in [-0.4, -0.2) is 30.6 Å². The van der Waals surface area contributed by atoms with Crippen LogP contribution in [0.1, 0.15) is 25.7 Å². The highest BCUT2D eigenvalue weighted by atomic mass is 79.9. The van der Waals surface area contributed by atoms with Gasteiger partial charge in [-0.1, -0.05) is 27.5 Å². The fourth-order valence-corrected chi connectivity index (χ4v) is 3.19. The summed E-state index contributed by atoms with van der Waals surface area (Å²) in [5.74, 6) is -0.842. The molecule has 1 N–H and O–H groups in total. The summed E-state index contributed by atoms with van der Waals surface area (Å²) in [6, 6.07) is 7.11. The van der Waals surface area contributed by atoms with Crippen molar-refractivity contribution in [3.05, 3.63) is 27.7 Å². The van der Waals surface area contributed by atoms with Gasteiger partial charge in [0.15, 0.2) is 13.2 Å². The molecule has 1 saturated carbocycles. The summed E-state index contributed by atoms with van der Waals surface area (Å²) >= 11 is 9.23. The van der Waals surface area contributed by atoms with Gasteiger partial charge in [-0.3, -0.25) is 4.79 Å². The molecule has 0 aromatic heterocycles. The minimum atomic E-state index is -0.828. The lowest BCUT2D eigenvalue weighted by molar-refractivity contribution is -0.150. The van der Waals surface area contributed by atoms with Gasteiger partial charge in [-0.25, -0.2) is 4.79 Å².